The van der Waals surface area contributed by atoms with Crippen LogP contribution in [-0.4, -0.2) is 0 Å². The predicted molar refractivity (Wildman–Crippen MR) is 102 cm³/mol. The van der Waals surface area contributed by atoms with E-state index in [1.54, 1.807) is 0 Å². The van der Waals surface area contributed by atoms with Gasteiger partial charge in [-0.15, -0.1) is 0 Å². The molecule has 1 aliphatic rings. The third-order valence-corrected chi connectivity index (χ3v) is 5.78. The first-order valence-electron chi connectivity index (χ1n) is 8.10. The molecule has 3 rings (SSSR count). The van der Waals surface area contributed by atoms with Crippen molar-refractivity contribution < 1.29 is 0 Å². The van der Waals surface area contributed by atoms with Gasteiger partial charge in [-0.25, -0.2) is 0 Å². The number of hydrogen-bond donors (Lipinski definition) is 0. The molecule has 122 valence electrons. The quantitative estimate of drug-likeness (QED) is 0.467. The summed E-state index contributed by atoms with van der Waals surface area (Å²) in [6.45, 7) is 13.9. The largest absolute Gasteiger partial charge is 0.0843 e. The molecule has 23 heavy (non-hydrogen) atoms. The van der Waals surface area contributed by atoms with E-state index >= 15 is 0 Å². The monoisotopic (exact) mass is 346 g/mol. The third kappa shape index (κ3) is 2.18. The Hall–Kier alpha value is -0.980. The second-order valence-electron chi connectivity index (χ2n) is 8.63. The van der Waals surface area contributed by atoms with Gasteiger partial charge in [0.25, 0.3) is 0 Å². The van der Waals surface area contributed by atoms with Gasteiger partial charge in [0.15, 0.2) is 0 Å². The molecule has 0 aromatic heterocycles. The first-order chi connectivity index (χ1) is 10.5. The van der Waals surface area contributed by atoms with E-state index in [0.29, 0.717) is 0 Å². The van der Waals surface area contributed by atoms with Crippen molar-refractivity contribution in [2.75, 3.05) is 0 Å². The van der Waals surface area contributed by atoms with Crippen LogP contribution in [0.25, 0.3) is 11.1 Å². The Morgan fingerprint density at radius 3 is 1.30 bits per heavy atom. The van der Waals surface area contributed by atoms with Crippen LogP contribution in [0.4, 0.5) is 0 Å². The third-order valence-electron chi connectivity index (χ3n) is 5.31. The minimum atomic E-state index is -0.152. The molecule has 0 radical (unpaired) electrons. The molecule has 0 heterocycles. The standard InChI is InChI=1S/C21H24Cl2/c1-19(2,3)21(20(4,5)6)17-11-13(22)7-9-15(17)16-10-8-14(23)12-18(16)21/h7-12H,1-6H3. The van der Waals surface area contributed by atoms with Crippen molar-refractivity contribution in [3.8, 4) is 11.1 Å². The first kappa shape index (κ1) is 16.9. The second kappa shape index (κ2) is 5.01. The molecule has 0 bridgehead atoms. The molecule has 0 aliphatic heterocycles. The maximum Gasteiger partial charge on any atom is 0.0409 e. The molecule has 1 aliphatic carbocycles. The van der Waals surface area contributed by atoms with Crippen molar-refractivity contribution in [2.45, 2.75) is 47.0 Å². The number of fused-ring (bicyclic) bond motifs is 3. The van der Waals surface area contributed by atoms with Crippen LogP contribution in [0, 0.1) is 10.8 Å². The van der Waals surface area contributed by atoms with Gasteiger partial charge in [-0.1, -0.05) is 76.9 Å². The van der Waals surface area contributed by atoms with Gasteiger partial charge in [-0.05, 0) is 57.3 Å². The number of hydrogen-bond acceptors (Lipinski definition) is 0. The molecule has 2 heteroatoms. The van der Waals surface area contributed by atoms with Crippen molar-refractivity contribution in [2.24, 2.45) is 10.8 Å². The molecule has 0 unspecified atom stereocenters. The van der Waals surface area contributed by atoms with Crippen molar-refractivity contribution >= 4 is 23.2 Å². The highest BCUT2D eigenvalue weighted by Gasteiger charge is 2.57. The number of benzene rings is 2. The van der Waals surface area contributed by atoms with Crippen LogP contribution < -0.4 is 0 Å². The van der Waals surface area contributed by atoms with Crippen LogP contribution in [0.15, 0.2) is 36.4 Å². The highest BCUT2D eigenvalue weighted by Crippen LogP contribution is 2.65. The van der Waals surface area contributed by atoms with Gasteiger partial charge in [-0.3, -0.25) is 0 Å². The number of halogens is 2. The van der Waals surface area contributed by atoms with E-state index in [9.17, 15) is 0 Å². The Morgan fingerprint density at radius 1 is 0.652 bits per heavy atom. The van der Waals surface area contributed by atoms with Crippen LogP contribution in [0.5, 0.6) is 0 Å². The molecule has 0 nitrogen and oxygen atoms in total. The first-order valence-corrected chi connectivity index (χ1v) is 8.86. The molecule has 0 saturated heterocycles. The number of rotatable bonds is 0. The Labute approximate surface area is 149 Å². The van der Waals surface area contributed by atoms with Crippen molar-refractivity contribution in [1.29, 1.82) is 0 Å². The molecular formula is C21H24Cl2. The molecule has 0 N–H and O–H groups in total. The fourth-order valence-electron chi connectivity index (χ4n) is 5.01. The molecular weight excluding hydrogens is 323 g/mol. The minimum absolute atomic E-state index is 0.0145. The highest BCUT2D eigenvalue weighted by atomic mass is 35.5. The Kier molecular flexibility index (Phi) is 3.67. The Morgan fingerprint density at radius 2 is 1.00 bits per heavy atom. The van der Waals surface area contributed by atoms with Crippen molar-refractivity contribution in [3.05, 3.63) is 57.6 Å². The van der Waals surface area contributed by atoms with Crippen molar-refractivity contribution in [3.63, 3.8) is 0 Å². The van der Waals surface area contributed by atoms with Gasteiger partial charge in [0.2, 0.25) is 0 Å². The van der Waals surface area contributed by atoms with Gasteiger partial charge in [0, 0.05) is 15.5 Å². The van der Waals surface area contributed by atoms with E-state index in [1.165, 1.54) is 22.3 Å². The summed E-state index contributed by atoms with van der Waals surface area (Å²) >= 11 is 12.8. The average Bonchev–Trinajstić information content (AvgIpc) is 2.66. The van der Waals surface area contributed by atoms with E-state index in [4.69, 9.17) is 23.2 Å². The lowest BCUT2D eigenvalue weighted by atomic mass is 9.50. The zero-order valence-corrected chi connectivity index (χ0v) is 16.2. The summed E-state index contributed by atoms with van der Waals surface area (Å²) in [4.78, 5) is 0. The topological polar surface area (TPSA) is 0 Å². The SMILES string of the molecule is CC(C)(C)C1(C(C)(C)C)c2cc(Cl)ccc2-c2ccc(Cl)cc21. The lowest BCUT2D eigenvalue weighted by Gasteiger charge is -2.53. The van der Waals surface area contributed by atoms with E-state index < -0.39 is 0 Å². The van der Waals surface area contributed by atoms with E-state index in [-0.39, 0.29) is 16.2 Å². The molecule has 2 aromatic rings. The maximum atomic E-state index is 6.40. The van der Waals surface area contributed by atoms with Crippen LogP contribution in [-0.2, 0) is 5.41 Å². The molecule has 0 amide bonds. The zero-order chi connectivity index (χ0) is 17.2. The second-order valence-corrected chi connectivity index (χ2v) is 9.50. The van der Waals surface area contributed by atoms with E-state index in [0.717, 1.165) is 10.0 Å². The maximum absolute atomic E-state index is 6.40. The molecule has 0 saturated carbocycles. The van der Waals surface area contributed by atoms with E-state index in [2.05, 4.69) is 65.8 Å². The summed E-state index contributed by atoms with van der Waals surface area (Å²) in [6.07, 6.45) is 0. The molecule has 0 atom stereocenters. The molecule has 0 fully saturated rings. The van der Waals surface area contributed by atoms with Crippen LogP contribution in [0.2, 0.25) is 10.0 Å². The van der Waals surface area contributed by atoms with Gasteiger partial charge in [0.05, 0.1) is 0 Å². The summed E-state index contributed by atoms with van der Waals surface area (Å²) in [5.41, 5.74) is 5.09. The Balaban J connectivity index is 2.54. The van der Waals surface area contributed by atoms with Crippen LogP contribution in [0.1, 0.15) is 52.7 Å². The summed E-state index contributed by atoms with van der Waals surface area (Å²) in [6, 6.07) is 12.6. The highest BCUT2D eigenvalue weighted by molar-refractivity contribution is 6.31. The van der Waals surface area contributed by atoms with Gasteiger partial charge < -0.3 is 0 Å². The molecule has 0 spiro atoms. The fourth-order valence-corrected chi connectivity index (χ4v) is 5.35. The molecule has 2 aromatic carbocycles. The van der Waals surface area contributed by atoms with E-state index in [1.807, 2.05) is 12.1 Å². The van der Waals surface area contributed by atoms with Crippen molar-refractivity contribution in [1.82, 2.24) is 0 Å². The fraction of sp³-hybridized carbons (Fsp3) is 0.429. The summed E-state index contributed by atoms with van der Waals surface area (Å²) in [5, 5.41) is 1.58. The van der Waals surface area contributed by atoms with Crippen LogP contribution in [0.3, 0.4) is 0 Å². The minimum Gasteiger partial charge on any atom is -0.0843 e. The average molecular weight is 347 g/mol. The predicted octanol–water partition coefficient (Wildman–Crippen LogP) is 7.35. The zero-order valence-electron chi connectivity index (χ0n) is 14.7. The normalized spacial score (nSPS) is 16.2. The summed E-state index contributed by atoms with van der Waals surface area (Å²) < 4.78 is 0. The Bertz CT molecular complexity index is 706. The smallest absolute Gasteiger partial charge is 0.0409 e. The summed E-state index contributed by atoms with van der Waals surface area (Å²) in [7, 11) is 0. The van der Waals surface area contributed by atoms with Gasteiger partial charge in [-0.2, -0.15) is 0 Å². The van der Waals surface area contributed by atoms with Crippen LogP contribution >= 0.6 is 23.2 Å². The lowest BCUT2D eigenvalue weighted by molar-refractivity contribution is 0.0951. The summed E-state index contributed by atoms with van der Waals surface area (Å²) in [5.74, 6) is 0. The van der Waals surface area contributed by atoms with Gasteiger partial charge >= 0.3 is 0 Å². The van der Waals surface area contributed by atoms with Gasteiger partial charge in [0.1, 0.15) is 0 Å². The lowest BCUT2D eigenvalue weighted by Crippen LogP contribution is -2.49.